The van der Waals surface area contributed by atoms with E-state index in [0.717, 1.165) is 9.87 Å². The fraction of sp³-hybridized carbons (Fsp3) is 0.278. The van der Waals surface area contributed by atoms with Gasteiger partial charge < -0.3 is 4.74 Å². The van der Waals surface area contributed by atoms with Gasteiger partial charge in [0, 0.05) is 14.1 Å². The summed E-state index contributed by atoms with van der Waals surface area (Å²) in [7, 11) is -0.707. The average Bonchev–Trinajstić information content (AvgIpc) is 2.55. The lowest BCUT2D eigenvalue weighted by Gasteiger charge is -2.16. The van der Waals surface area contributed by atoms with Crippen LogP contribution in [0.5, 0.6) is 0 Å². The van der Waals surface area contributed by atoms with Crippen molar-refractivity contribution < 1.29 is 17.9 Å². The van der Waals surface area contributed by atoms with Gasteiger partial charge in [-0.25, -0.2) is 17.5 Å². The van der Waals surface area contributed by atoms with Crippen LogP contribution in [-0.2, 0) is 14.8 Å². The molecule has 24 heavy (non-hydrogen) atoms. The van der Waals surface area contributed by atoms with E-state index in [1.54, 1.807) is 19.9 Å². The van der Waals surface area contributed by atoms with E-state index in [1.807, 2.05) is 30.3 Å². The van der Waals surface area contributed by atoms with E-state index in [4.69, 9.17) is 4.74 Å². The Labute approximate surface area is 142 Å². The van der Waals surface area contributed by atoms with Crippen LogP contribution in [0.3, 0.4) is 0 Å². The molecule has 0 heterocycles. The highest BCUT2D eigenvalue weighted by molar-refractivity contribution is 7.89. The highest BCUT2D eigenvalue weighted by atomic mass is 32.2. The fourth-order valence-corrected chi connectivity index (χ4v) is 3.14. The molecule has 0 aromatic heterocycles. The molecular formula is C18H21NO4S. The fourth-order valence-electron chi connectivity index (χ4n) is 2.21. The Hall–Kier alpha value is -2.18. The molecule has 1 atom stereocenters. The molecule has 0 unspecified atom stereocenters. The van der Waals surface area contributed by atoms with E-state index in [0.29, 0.717) is 5.56 Å². The van der Waals surface area contributed by atoms with Crippen LogP contribution in [0.2, 0.25) is 0 Å². The van der Waals surface area contributed by atoms with Crippen molar-refractivity contribution in [1.82, 2.24) is 4.31 Å². The quantitative estimate of drug-likeness (QED) is 0.780. The van der Waals surface area contributed by atoms with Crippen molar-refractivity contribution >= 4 is 16.0 Å². The first-order valence-electron chi connectivity index (χ1n) is 7.52. The Kier molecular flexibility index (Phi) is 5.41. The van der Waals surface area contributed by atoms with Gasteiger partial charge in [0.15, 0.2) is 0 Å². The minimum atomic E-state index is -3.60. The molecule has 0 spiro atoms. The van der Waals surface area contributed by atoms with Crippen molar-refractivity contribution in [3.05, 3.63) is 65.2 Å². The van der Waals surface area contributed by atoms with Gasteiger partial charge in [-0.05, 0) is 37.1 Å². The zero-order chi connectivity index (χ0) is 17.9. The van der Waals surface area contributed by atoms with Gasteiger partial charge in [-0.3, -0.25) is 0 Å². The number of sulfonamides is 1. The van der Waals surface area contributed by atoms with Gasteiger partial charge in [0.2, 0.25) is 10.0 Å². The predicted octanol–water partition coefficient (Wildman–Crippen LogP) is 3.16. The van der Waals surface area contributed by atoms with Crippen LogP contribution in [0.4, 0.5) is 0 Å². The monoisotopic (exact) mass is 347 g/mol. The molecule has 0 radical (unpaired) electrons. The Balaban J connectivity index is 2.30. The van der Waals surface area contributed by atoms with Gasteiger partial charge in [0.05, 0.1) is 10.5 Å². The van der Waals surface area contributed by atoms with Crippen molar-refractivity contribution in [3.63, 3.8) is 0 Å². The van der Waals surface area contributed by atoms with Gasteiger partial charge in [-0.15, -0.1) is 0 Å². The first-order chi connectivity index (χ1) is 11.2. The molecule has 0 amide bonds. The average molecular weight is 347 g/mol. The van der Waals surface area contributed by atoms with E-state index in [9.17, 15) is 13.2 Å². The van der Waals surface area contributed by atoms with E-state index >= 15 is 0 Å². The summed E-state index contributed by atoms with van der Waals surface area (Å²) in [6, 6.07) is 13.8. The van der Waals surface area contributed by atoms with Crippen LogP contribution in [0.25, 0.3) is 0 Å². The maximum atomic E-state index is 12.5. The Morgan fingerprint density at radius 1 is 1.08 bits per heavy atom. The van der Waals surface area contributed by atoms with E-state index in [1.165, 1.54) is 26.2 Å². The number of benzene rings is 2. The molecule has 0 saturated heterocycles. The van der Waals surface area contributed by atoms with Crippen LogP contribution in [0.15, 0.2) is 53.4 Å². The lowest BCUT2D eigenvalue weighted by molar-refractivity contribution is 0.0336. The van der Waals surface area contributed by atoms with E-state index in [-0.39, 0.29) is 10.5 Å². The Bertz CT molecular complexity index is 829. The summed E-state index contributed by atoms with van der Waals surface area (Å²) in [5.41, 5.74) is 1.79. The molecular weight excluding hydrogens is 326 g/mol. The van der Waals surface area contributed by atoms with Crippen molar-refractivity contribution in [1.29, 1.82) is 0 Å². The molecule has 0 aliphatic rings. The normalized spacial score (nSPS) is 12.9. The molecule has 0 fully saturated rings. The molecule has 0 N–H and O–H groups in total. The molecule has 0 aliphatic heterocycles. The summed E-state index contributed by atoms with van der Waals surface area (Å²) in [6.07, 6.45) is -0.424. The molecule has 0 aliphatic carbocycles. The smallest absolute Gasteiger partial charge is 0.339 e. The van der Waals surface area contributed by atoms with Crippen LogP contribution in [0.1, 0.15) is 34.5 Å². The van der Waals surface area contributed by atoms with Crippen LogP contribution >= 0.6 is 0 Å². The standard InChI is InChI=1S/C18H21NO4S/c1-13-10-11-16(24(21,22)19(3)4)12-17(13)18(20)23-14(2)15-8-6-5-7-9-15/h5-12,14H,1-4H3/t14-/m0/s1. The summed E-state index contributed by atoms with van der Waals surface area (Å²) in [5, 5.41) is 0. The number of carbonyl (C=O) groups is 1. The number of rotatable bonds is 5. The summed E-state index contributed by atoms with van der Waals surface area (Å²) < 4.78 is 31.1. The van der Waals surface area contributed by atoms with Crippen molar-refractivity contribution in [3.8, 4) is 0 Å². The van der Waals surface area contributed by atoms with Crippen LogP contribution in [0, 0.1) is 6.92 Å². The third-order valence-corrected chi connectivity index (χ3v) is 5.57. The second-order valence-corrected chi connectivity index (χ2v) is 7.87. The van der Waals surface area contributed by atoms with Crippen molar-refractivity contribution in [2.45, 2.75) is 24.8 Å². The number of carbonyl (C=O) groups excluding carboxylic acids is 1. The molecule has 2 aromatic rings. The van der Waals surface area contributed by atoms with Gasteiger partial charge >= 0.3 is 5.97 Å². The number of hydrogen-bond acceptors (Lipinski definition) is 4. The van der Waals surface area contributed by atoms with Crippen LogP contribution in [-0.4, -0.2) is 32.8 Å². The maximum Gasteiger partial charge on any atom is 0.339 e. The predicted molar refractivity (Wildman–Crippen MR) is 92.3 cm³/mol. The minimum Gasteiger partial charge on any atom is -0.454 e. The summed E-state index contributed by atoms with van der Waals surface area (Å²) in [5.74, 6) is -0.542. The molecule has 5 nitrogen and oxygen atoms in total. The number of aryl methyl sites for hydroxylation is 1. The second kappa shape index (κ2) is 7.15. The largest absolute Gasteiger partial charge is 0.454 e. The lowest BCUT2D eigenvalue weighted by Crippen LogP contribution is -2.22. The van der Waals surface area contributed by atoms with Gasteiger partial charge in [0.25, 0.3) is 0 Å². The van der Waals surface area contributed by atoms with Crippen molar-refractivity contribution in [2.24, 2.45) is 0 Å². The second-order valence-electron chi connectivity index (χ2n) is 5.72. The first-order valence-corrected chi connectivity index (χ1v) is 8.96. The summed E-state index contributed by atoms with van der Waals surface area (Å²) in [4.78, 5) is 12.5. The SMILES string of the molecule is Cc1ccc(S(=O)(=O)N(C)C)cc1C(=O)O[C@@H](C)c1ccccc1. The Morgan fingerprint density at radius 2 is 1.71 bits per heavy atom. The number of esters is 1. The number of nitrogens with zero attached hydrogens (tertiary/aromatic N) is 1. The maximum absolute atomic E-state index is 12.5. The van der Waals surface area contributed by atoms with Crippen LogP contribution < -0.4 is 0 Å². The zero-order valence-corrected chi connectivity index (χ0v) is 15.0. The lowest BCUT2D eigenvalue weighted by atomic mass is 10.1. The highest BCUT2D eigenvalue weighted by Crippen LogP contribution is 2.22. The topological polar surface area (TPSA) is 63.7 Å². The van der Waals surface area contributed by atoms with Gasteiger partial charge in [-0.2, -0.15) is 0 Å². The third kappa shape index (κ3) is 3.83. The third-order valence-electron chi connectivity index (χ3n) is 3.76. The van der Waals surface area contributed by atoms with Gasteiger partial charge in [-0.1, -0.05) is 36.4 Å². The number of hydrogen-bond donors (Lipinski definition) is 0. The molecule has 2 aromatic carbocycles. The van der Waals surface area contributed by atoms with Crippen molar-refractivity contribution in [2.75, 3.05) is 14.1 Å². The highest BCUT2D eigenvalue weighted by Gasteiger charge is 2.22. The summed E-state index contributed by atoms with van der Waals surface area (Å²) in [6.45, 7) is 3.53. The summed E-state index contributed by atoms with van der Waals surface area (Å²) >= 11 is 0. The van der Waals surface area contributed by atoms with Gasteiger partial charge in [0.1, 0.15) is 6.10 Å². The number of ether oxygens (including phenoxy) is 1. The molecule has 2 rings (SSSR count). The minimum absolute atomic E-state index is 0.0671. The first kappa shape index (κ1) is 18.2. The molecule has 0 bridgehead atoms. The molecule has 0 saturated carbocycles. The molecule has 6 heteroatoms. The zero-order valence-electron chi connectivity index (χ0n) is 14.2. The Morgan fingerprint density at radius 3 is 2.29 bits per heavy atom. The van der Waals surface area contributed by atoms with E-state index < -0.39 is 22.1 Å². The molecule has 128 valence electrons. The van der Waals surface area contributed by atoms with E-state index in [2.05, 4.69) is 0 Å².